The van der Waals surface area contributed by atoms with Crippen LogP contribution in [-0.2, 0) is 0 Å². The van der Waals surface area contributed by atoms with Gasteiger partial charge in [0, 0.05) is 13.8 Å². The summed E-state index contributed by atoms with van der Waals surface area (Å²) in [7, 11) is 0. The first-order valence-electron chi connectivity index (χ1n) is 3.77. The predicted octanol–water partition coefficient (Wildman–Crippen LogP) is 1.75. The average molecular weight is 142 g/mol. The molecule has 1 N–H and O–H groups in total. The molecule has 0 radical (unpaired) electrons. The summed E-state index contributed by atoms with van der Waals surface area (Å²) in [5.74, 6) is 0.127. The Morgan fingerprint density at radius 3 is 2.40 bits per heavy atom. The standard InChI is InChI=1S/C8H16NO/c1-4-8(6-10)5-9-7(2)3/h7-8,10H,4,6H2,1-3H3/q+1. The molecule has 0 aromatic heterocycles. The summed E-state index contributed by atoms with van der Waals surface area (Å²) in [4.78, 5) is 4.06. The Morgan fingerprint density at radius 2 is 2.10 bits per heavy atom. The van der Waals surface area contributed by atoms with Crippen LogP contribution in [-0.4, -0.2) is 17.8 Å². The second-order valence-corrected chi connectivity index (χ2v) is 2.64. The maximum absolute atomic E-state index is 8.72. The van der Waals surface area contributed by atoms with Gasteiger partial charge >= 0.3 is 0 Å². The zero-order valence-electron chi connectivity index (χ0n) is 6.96. The molecule has 0 aromatic rings. The fourth-order valence-corrected chi connectivity index (χ4v) is 0.516. The van der Waals surface area contributed by atoms with Gasteiger partial charge in [-0.15, -0.1) is 0 Å². The highest BCUT2D eigenvalue weighted by Crippen LogP contribution is 1.99. The van der Waals surface area contributed by atoms with Crippen molar-refractivity contribution >= 4 is 0 Å². The number of hydrogen-bond donors (Lipinski definition) is 1. The number of hydrogen-bond acceptors (Lipinski definition) is 1. The minimum atomic E-state index is 0.127. The van der Waals surface area contributed by atoms with Gasteiger partial charge in [-0.25, -0.2) is 0 Å². The molecule has 0 spiro atoms. The number of aliphatic hydroxyl groups excluding tert-OH is 1. The molecule has 0 saturated carbocycles. The first-order chi connectivity index (χ1) is 4.70. The Kier molecular flexibility index (Phi) is 4.96. The van der Waals surface area contributed by atoms with Crippen molar-refractivity contribution in [3.8, 4) is 6.07 Å². The maximum atomic E-state index is 8.72. The van der Waals surface area contributed by atoms with E-state index in [0.717, 1.165) is 6.42 Å². The Hall–Kier alpha value is -0.550. The Balaban J connectivity index is 3.74. The van der Waals surface area contributed by atoms with Crippen LogP contribution >= 0.6 is 0 Å². The molecule has 0 aliphatic carbocycles. The minimum Gasteiger partial charge on any atom is -0.395 e. The van der Waals surface area contributed by atoms with E-state index in [0.29, 0.717) is 6.04 Å². The van der Waals surface area contributed by atoms with Crippen LogP contribution in [0.3, 0.4) is 0 Å². The van der Waals surface area contributed by atoms with Crippen molar-refractivity contribution in [1.29, 1.82) is 0 Å². The highest BCUT2D eigenvalue weighted by Gasteiger charge is 2.07. The molecule has 58 valence electrons. The lowest BCUT2D eigenvalue weighted by Gasteiger charge is -1.92. The van der Waals surface area contributed by atoms with E-state index < -0.39 is 0 Å². The minimum absolute atomic E-state index is 0.127. The molecule has 0 aliphatic rings. The smallest absolute Gasteiger partial charge is 0.279 e. The largest absolute Gasteiger partial charge is 0.395 e. The molecule has 0 amide bonds. The van der Waals surface area contributed by atoms with Crippen LogP contribution in [0.15, 0.2) is 0 Å². The van der Waals surface area contributed by atoms with Crippen LogP contribution < -0.4 is 0 Å². The zero-order valence-corrected chi connectivity index (χ0v) is 6.96. The summed E-state index contributed by atoms with van der Waals surface area (Å²) in [6, 6.07) is 3.19. The van der Waals surface area contributed by atoms with Crippen molar-refractivity contribution in [1.82, 2.24) is 0 Å². The topological polar surface area (TPSA) is 24.6 Å². The molecule has 2 nitrogen and oxygen atoms in total. The molecule has 0 aromatic carbocycles. The van der Waals surface area contributed by atoms with Gasteiger partial charge in [0.2, 0.25) is 0 Å². The van der Waals surface area contributed by atoms with Gasteiger partial charge in [-0.2, -0.15) is 0 Å². The van der Waals surface area contributed by atoms with E-state index in [-0.39, 0.29) is 12.5 Å². The fourth-order valence-electron chi connectivity index (χ4n) is 0.516. The van der Waals surface area contributed by atoms with E-state index in [1.165, 1.54) is 0 Å². The third kappa shape index (κ3) is 4.34. The van der Waals surface area contributed by atoms with Gasteiger partial charge in [-0.1, -0.05) is 11.8 Å². The Labute approximate surface area is 62.7 Å². The van der Waals surface area contributed by atoms with Gasteiger partial charge in [0.05, 0.1) is 6.61 Å². The number of rotatable bonds is 2. The highest BCUT2D eigenvalue weighted by atomic mass is 16.3. The Morgan fingerprint density at radius 1 is 1.50 bits per heavy atom. The van der Waals surface area contributed by atoms with Crippen LogP contribution in [0.25, 0.3) is 4.85 Å². The normalized spacial score (nSPS) is 12.5. The molecule has 0 rings (SSSR count). The van der Waals surface area contributed by atoms with E-state index in [4.69, 9.17) is 5.11 Å². The van der Waals surface area contributed by atoms with Crippen molar-refractivity contribution < 1.29 is 5.11 Å². The molecule has 1 atom stereocenters. The third-order valence-electron chi connectivity index (χ3n) is 1.23. The molecule has 0 fully saturated rings. The lowest BCUT2D eigenvalue weighted by Crippen LogP contribution is -2.00. The summed E-state index contributed by atoms with van der Waals surface area (Å²) >= 11 is 0. The molecule has 2 heteroatoms. The molecular weight excluding hydrogens is 126 g/mol. The van der Waals surface area contributed by atoms with E-state index in [1.54, 1.807) is 0 Å². The van der Waals surface area contributed by atoms with Crippen LogP contribution in [0.1, 0.15) is 27.2 Å². The second kappa shape index (κ2) is 5.25. The van der Waals surface area contributed by atoms with Crippen LogP contribution in [0.5, 0.6) is 0 Å². The molecular formula is C8H16NO+. The molecule has 0 saturated heterocycles. The maximum Gasteiger partial charge on any atom is 0.279 e. The SMILES string of the molecule is CCC(C#[N+]C(C)C)CO. The summed E-state index contributed by atoms with van der Waals surface area (Å²) in [6.45, 7) is 6.17. The third-order valence-corrected chi connectivity index (χ3v) is 1.23. The lowest BCUT2D eigenvalue weighted by atomic mass is 10.1. The van der Waals surface area contributed by atoms with E-state index in [1.807, 2.05) is 20.8 Å². The highest BCUT2D eigenvalue weighted by molar-refractivity contribution is 4.94. The van der Waals surface area contributed by atoms with E-state index >= 15 is 0 Å². The first kappa shape index (κ1) is 9.45. The average Bonchev–Trinajstić information content (AvgIpc) is 1.90. The summed E-state index contributed by atoms with van der Waals surface area (Å²) in [6.07, 6.45) is 0.909. The van der Waals surface area contributed by atoms with Crippen molar-refractivity contribution in [3.63, 3.8) is 0 Å². The molecule has 0 bridgehead atoms. The predicted molar refractivity (Wildman–Crippen MR) is 43.2 cm³/mol. The first-order valence-corrected chi connectivity index (χ1v) is 3.77. The van der Waals surface area contributed by atoms with Gasteiger partial charge in [0.1, 0.15) is 5.92 Å². The van der Waals surface area contributed by atoms with Gasteiger partial charge in [0.25, 0.3) is 12.1 Å². The molecule has 0 heterocycles. The number of aliphatic hydroxyl groups is 1. The lowest BCUT2D eigenvalue weighted by molar-refractivity contribution is 0.254. The summed E-state index contributed by atoms with van der Waals surface area (Å²) in [5.41, 5.74) is 0. The summed E-state index contributed by atoms with van der Waals surface area (Å²) < 4.78 is 0. The zero-order chi connectivity index (χ0) is 7.98. The van der Waals surface area contributed by atoms with E-state index in [2.05, 4.69) is 10.9 Å². The Bertz CT molecular complexity index is 128. The monoisotopic (exact) mass is 142 g/mol. The van der Waals surface area contributed by atoms with Gasteiger partial charge in [0.15, 0.2) is 0 Å². The van der Waals surface area contributed by atoms with Gasteiger partial charge in [-0.05, 0) is 6.42 Å². The second-order valence-electron chi connectivity index (χ2n) is 2.64. The van der Waals surface area contributed by atoms with Crippen molar-refractivity contribution in [3.05, 3.63) is 4.85 Å². The number of nitrogens with zero attached hydrogens (tertiary/aromatic N) is 1. The van der Waals surface area contributed by atoms with Crippen molar-refractivity contribution in [2.45, 2.75) is 33.2 Å². The van der Waals surface area contributed by atoms with Crippen LogP contribution in [0, 0.1) is 12.0 Å². The van der Waals surface area contributed by atoms with Crippen LogP contribution in [0.2, 0.25) is 0 Å². The quantitative estimate of drug-likeness (QED) is 0.624. The molecule has 10 heavy (non-hydrogen) atoms. The fraction of sp³-hybridized carbons (Fsp3) is 0.875. The van der Waals surface area contributed by atoms with E-state index in [9.17, 15) is 0 Å². The van der Waals surface area contributed by atoms with Gasteiger partial charge < -0.3 is 5.11 Å². The van der Waals surface area contributed by atoms with Crippen LogP contribution in [0.4, 0.5) is 0 Å². The van der Waals surface area contributed by atoms with Crippen molar-refractivity contribution in [2.75, 3.05) is 6.61 Å². The van der Waals surface area contributed by atoms with Gasteiger partial charge in [-0.3, -0.25) is 0 Å². The summed E-state index contributed by atoms with van der Waals surface area (Å²) in [5, 5.41) is 8.72. The van der Waals surface area contributed by atoms with Crippen molar-refractivity contribution in [2.24, 2.45) is 5.92 Å². The molecule has 0 aliphatic heterocycles. The molecule has 1 unspecified atom stereocenters.